The first-order chi connectivity index (χ1) is 19.4. The van der Waals surface area contributed by atoms with Gasteiger partial charge >= 0.3 is 6.18 Å². The van der Waals surface area contributed by atoms with E-state index in [2.05, 4.69) is 51.5 Å². The Kier molecular flexibility index (Phi) is 7.73. The summed E-state index contributed by atoms with van der Waals surface area (Å²) in [6.07, 6.45) is 3.47. The summed E-state index contributed by atoms with van der Waals surface area (Å²) in [6, 6.07) is 19.1. The summed E-state index contributed by atoms with van der Waals surface area (Å²) in [5.41, 5.74) is 9.55. The molecule has 8 heteroatoms. The van der Waals surface area contributed by atoms with Crippen molar-refractivity contribution in [3.05, 3.63) is 78.0 Å². The molecule has 1 aliphatic carbocycles. The van der Waals surface area contributed by atoms with Crippen LogP contribution in [0.25, 0.3) is 11.1 Å². The molecule has 5 nitrogen and oxygen atoms in total. The fourth-order valence-corrected chi connectivity index (χ4v) is 7.01. The molecule has 3 heterocycles. The average Bonchev–Trinajstić information content (AvgIpc) is 2.98. The topological polar surface area (TPSA) is 57.4 Å². The molecular formula is C32H38F3N5. The molecule has 40 heavy (non-hydrogen) atoms. The predicted molar refractivity (Wildman–Crippen MR) is 154 cm³/mol. The maximum absolute atomic E-state index is 13.1. The third-order valence-electron chi connectivity index (χ3n) is 9.17. The Bertz CT molecular complexity index is 1290. The van der Waals surface area contributed by atoms with Crippen molar-refractivity contribution in [3.63, 3.8) is 0 Å². The lowest BCUT2D eigenvalue weighted by atomic mass is 9.80. The van der Waals surface area contributed by atoms with Gasteiger partial charge < -0.3 is 20.9 Å². The van der Waals surface area contributed by atoms with Gasteiger partial charge in [0.25, 0.3) is 0 Å². The van der Waals surface area contributed by atoms with Crippen molar-refractivity contribution < 1.29 is 13.2 Å². The molecule has 1 aromatic heterocycles. The Balaban J connectivity index is 1.29. The summed E-state index contributed by atoms with van der Waals surface area (Å²) in [5, 5.41) is 3.91. The molecule has 0 amide bonds. The van der Waals surface area contributed by atoms with Gasteiger partial charge in [-0.1, -0.05) is 31.0 Å². The van der Waals surface area contributed by atoms with E-state index >= 15 is 0 Å². The van der Waals surface area contributed by atoms with Gasteiger partial charge in [-0.3, -0.25) is 0 Å². The Morgan fingerprint density at radius 3 is 2.50 bits per heavy atom. The molecule has 0 spiro atoms. The standard InChI is InChI=1S/C32H38F3N5/c33-32(34,35)27-8-10-28(11-9-27)39-15-13-30-26(20-39)19-38-29-7-2-1-5-25(29)21-40(30)31-17-24(12-14-37-31)23-6-3-4-22(16-23)18-36/h3-4,6,8-12,14,16-17,25-26,29-30,38H,1-2,5,7,13,15,18-21,36H2. The molecule has 3 aromatic rings. The van der Waals surface area contributed by atoms with E-state index in [1.165, 1.54) is 37.8 Å². The number of benzene rings is 2. The summed E-state index contributed by atoms with van der Waals surface area (Å²) in [4.78, 5) is 9.72. The van der Waals surface area contributed by atoms with E-state index < -0.39 is 11.7 Å². The van der Waals surface area contributed by atoms with E-state index in [1.54, 1.807) is 12.1 Å². The van der Waals surface area contributed by atoms with Crippen LogP contribution in [0.3, 0.4) is 0 Å². The second kappa shape index (κ2) is 11.4. The number of alkyl halides is 3. The summed E-state index contributed by atoms with van der Waals surface area (Å²) < 4.78 is 39.4. The number of nitrogens with one attached hydrogen (secondary N) is 1. The van der Waals surface area contributed by atoms with Gasteiger partial charge in [-0.2, -0.15) is 13.2 Å². The van der Waals surface area contributed by atoms with Gasteiger partial charge in [0.2, 0.25) is 0 Å². The van der Waals surface area contributed by atoms with E-state index in [4.69, 9.17) is 10.7 Å². The van der Waals surface area contributed by atoms with Gasteiger partial charge in [0.1, 0.15) is 5.82 Å². The average molecular weight is 550 g/mol. The number of anilines is 2. The molecular weight excluding hydrogens is 511 g/mol. The highest BCUT2D eigenvalue weighted by molar-refractivity contribution is 5.67. The Labute approximate surface area is 234 Å². The minimum atomic E-state index is -4.32. The number of halogens is 3. The van der Waals surface area contributed by atoms with Crippen LogP contribution >= 0.6 is 0 Å². The lowest BCUT2D eigenvalue weighted by Gasteiger charge is -2.50. The smallest absolute Gasteiger partial charge is 0.371 e. The van der Waals surface area contributed by atoms with Gasteiger partial charge in [0, 0.05) is 62.6 Å². The van der Waals surface area contributed by atoms with Crippen LogP contribution in [0.5, 0.6) is 0 Å². The highest BCUT2D eigenvalue weighted by Gasteiger charge is 2.40. The molecule has 1 saturated carbocycles. The summed E-state index contributed by atoms with van der Waals surface area (Å²) in [6.45, 7) is 3.98. The zero-order valence-electron chi connectivity index (χ0n) is 22.8. The van der Waals surface area contributed by atoms with Crippen molar-refractivity contribution in [2.24, 2.45) is 17.6 Å². The van der Waals surface area contributed by atoms with Gasteiger partial charge in [-0.25, -0.2) is 4.98 Å². The van der Waals surface area contributed by atoms with Crippen molar-refractivity contribution in [2.45, 2.75) is 56.9 Å². The van der Waals surface area contributed by atoms with Crippen LogP contribution in [0.4, 0.5) is 24.7 Å². The molecule has 3 aliphatic rings. The summed E-state index contributed by atoms with van der Waals surface area (Å²) >= 11 is 0. The van der Waals surface area contributed by atoms with E-state index in [1.807, 2.05) is 6.20 Å². The molecule has 0 radical (unpaired) electrons. The first-order valence-electron chi connectivity index (χ1n) is 14.6. The summed E-state index contributed by atoms with van der Waals surface area (Å²) in [7, 11) is 0. The Hall–Kier alpha value is -3.10. The van der Waals surface area contributed by atoms with Crippen LogP contribution in [0.15, 0.2) is 66.9 Å². The molecule has 2 saturated heterocycles. The monoisotopic (exact) mass is 549 g/mol. The number of rotatable bonds is 4. The third-order valence-corrected chi connectivity index (χ3v) is 9.17. The Morgan fingerprint density at radius 2 is 1.70 bits per heavy atom. The third kappa shape index (κ3) is 5.70. The molecule has 6 rings (SSSR count). The SMILES string of the molecule is NCc1cccc(-c2ccnc(N3CC4CCCCC4NCC4CN(c5ccc(C(F)(F)F)cc5)CCC43)c2)c1. The van der Waals surface area contributed by atoms with E-state index in [9.17, 15) is 13.2 Å². The number of piperidine rings is 1. The lowest BCUT2D eigenvalue weighted by molar-refractivity contribution is -0.137. The highest BCUT2D eigenvalue weighted by atomic mass is 19.4. The minimum Gasteiger partial charge on any atom is -0.371 e. The zero-order valence-corrected chi connectivity index (χ0v) is 22.8. The molecule has 4 unspecified atom stereocenters. The van der Waals surface area contributed by atoms with Crippen LogP contribution in [-0.4, -0.2) is 43.2 Å². The number of pyridine rings is 1. The minimum absolute atomic E-state index is 0.305. The molecule has 212 valence electrons. The molecule has 4 atom stereocenters. The fraction of sp³-hybridized carbons (Fsp3) is 0.469. The van der Waals surface area contributed by atoms with E-state index in [-0.39, 0.29) is 0 Å². The first kappa shape index (κ1) is 27.1. The van der Waals surface area contributed by atoms with Gasteiger partial charge in [-0.05, 0) is 84.3 Å². The number of nitrogens with two attached hydrogens (primary N) is 1. The molecule has 2 aliphatic heterocycles. The molecule has 0 bridgehead atoms. The largest absolute Gasteiger partial charge is 0.416 e. The van der Waals surface area contributed by atoms with Gasteiger partial charge in [0.05, 0.1) is 5.56 Å². The van der Waals surface area contributed by atoms with Gasteiger partial charge in [0.15, 0.2) is 0 Å². The zero-order chi connectivity index (χ0) is 27.7. The maximum Gasteiger partial charge on any atom is 0.416 e. The molecule has 3 fully saturated rings. The quantitative estimate of drug-likeness (QED) is 0.413. The Morgan fingerprint density at radius 1 is 0.900 bits per heavy atom. The lowest BCUT2D eigenvalue weighted by Crippen LogP contribution is -2.60. The van der Waals surface area contributed by atoms with Crippen molar-refractivity contribution in [2.75, 3.05) is 36.0 Å². The number of aromatic nitrogens is 1. The molecule has 3 N–H and O–H groups in total. The number of hydrogen-bond acceptors (Lipinski definition) is 5. The van der Waals surface area contributed by atoms with Crippen molar-refractivity contribution in [1.29, 1.82) is 0 Å². The van der Waals surface area contributed by atoms with E-state index in [0.717, 1.165) is 60.8 Å². The first-order valence-corrected chi connectivity index (χ1v) is 14.6. The maximum atomic E-state index is 13.1. The van der Waals surface area contributed by atoms with Crippen LogP contribution < -0.4 is 20.9 Å². The number of nitrogens with zero attached hydrogens (tertiary/aromatic N) is 3. The fourth-order valence-electron chi connectivity index (χ4n) is 7.01. The van der Waals surface area contributed by atoms with Crippen molar-refractivity contribution in [1.82, 2.24) is 10.3 Å². The van der Waals surface area contributed by atoms with E-state index in [0.29, 0.717) is 30.5 Å². The van der Waals surface area contributed by atoms with Crippen LogP contribution in [0.1, 0.15) is 43.2 Å². The molecule has 2 aromatic carbocycles. The van der Waals surface area contributed by atoms with Crippen LogP contribution in [-0.2, 0) is 12.7 Å². The predicted octanol–water partition coefficient (Wildman–Crippen LogP) is 6.09. The normalized spacial score (nSPS) is 25.5. The van der Waals surface area contributed by atoms with Gasteiger partial charge in [-0.15, -0.1) is 0 Å². The highest BCUT2D eigenvalue weighted by Crippen LogP contribution is 2.37. The number of fused-ring (bicyclic) bond motifs is 2. The van der Waals surface area contributed by atoms with Crippen LogP contribution in [0.2, 0.25) is 0 Å². The number of hydrogen-bond donors (Lipinski definition) is 2. The second-order valence-electron chi connectivity index (χ2n) is 11.6. The van der Waals surface area contributed by atoms with Crippen molar-refractivity contribution >= 4 is 11.5 Å². The van der Waals surface area contributed by atoms with Crippen molar-refractivity contribution in [3.8, 4) is 11.1 Å². The second-order valence-corrected chi connectivity index (χ2v) is 11.6. The van der Waals surface area contributed by atoms with Crippen LogP contribution in [0, 0.1) is 11.8 Å². The summed E-state index contributed by atoms with van der Waals surface area (Å²) in [5.74, 6) is 1.92.